The first kappa shape index (κ1) is 14.0. The third-order valence-electron chi connectivity index (χ3n) is 3.73. The van der Waals surface area contributed by atoms with Gasteiger partial charge in [-0.3, -0.25) is 9.48 Å². The summed E-state index contributed by atoms with van der Waals surface area (Å²) in [5, 5.41) is 5.53. The minimum absolute atomic E-state index is 0.0950. The standard InChI is InChI=1S/C17H15BrN2O/c1-11-12(7-5-8-14(11)18)17(21)10-15-13-6-3-4-9-16(13)20(2)19-15/h3-9H,10H2,1-2H3. The number of ketones is 1. The van der Waals surface area contributed by atoms with Crippen molar-refractivity contribution < 1.29 is 4.79 Å². The number of para-hydroxylation sites is 1. The number of aromatic nitrogens is 2. The normalized spacial score (nSPS) is 11.0. The van der Waals surface area contributed by atoms with Gasteiger partial charge in [0.25, 0.3) is 0 Å². The number of aryl methyl sites for hydroxylation is 1. The Balaban J connectivity index is 1.99. The van der Waals surface area contributed by atoms with Crippen LogP contribution in [0.5, 0.6) is 0 Å². The van der Waals surface area contributed by atoms with Gasteiger partial charge in [0.1, 0.15) is 0 Å². The molecule has 3 aromatic rings. The van der Waals surface area contributed by atoms with Gasteiger partial charge in [0, 0.05) is 22.5 Å². The fourth-order valence-electron chi connectivity index (χ4n) is 2.58. The van der Waals surface area contributed by atoms with Crippen molar-refractivity contribution in [2.75, 3.05) is 0 Å². The van der Waals surface area contributed by atoms with Crippen molar-refractivity contribution >= 4 is 32.6 Å². The lowest BCUT2D eigenvalue weighted by atomic mass is 10.0. The second kappa shape index (κ2) is 5.45. The molecule has 2 aromatic carbocycles. The minimum Gasteiger partial charge on any atom is -0.294 e. The van der Waals surface area contributed by atoms with Gasteiger partial charge in [-0.2, -0.15) is 5.10 Å². The lowest BCUT2D eigenvalue weighted by molar-refractivity contribution is 0.0991. The molecule has 0 bridgehead atoms. The Morgan fingerprint density at radius 3 is 2.76 bits per heavy atom. The molecular formula is C17H15BrN2O. The topological polar surface area (TPSA) is 34.9 Å². The molecular weight excluding hydrogens is 328 g/mol. The van der Waals surface area contributed by atoms with Gasteiger partial charge in [-0.15, -0.1) is 0 Å². The second-order valence-corrected chi connectivity index (χ2v) is 5.95. The summed E-state index contributed by atoms with van der Waals surface area (Å²) in [6.07, 6.45) is 0.318. The number of rotatable bonds is 3. The maximum Gasteiger partial charge on any atom is 0.169 e. The molecule has 0 radical (unpaired) electrons. The molecule has 0 aliphatic rings. The lowest BCUT2D eigenvalue weighted by Crippen LogP contribution is -2.07. The Morgan fingerprint density at radius 2 is 1.95 bits per heavy atom. The number of carbonyl (C=O) groups is 1. The zero-order valence-electron chi connectivity index (χ0n) is 11.9. The van der Waals surface area contributed by atoms with Gasteiger partial charge in [-0.25, -0.2) is 0 Å². The quantitative estimate of drug-likeness (QED) is 0.672. The van der Waals surface area contributed by atoms with Crippen LogP contribution < -0.4 is 0 Å². The SMILES string of the molecule is Cc1c(Br)cccc1C(=O)Cc1nn(C)c2ccccc12. The highest BCUT2D eigenvalue weighted by Crippen LogP contribution is 2.23. The van der Waals surface area contributed by atoms with Crippen molar-refractivity contribution in [2.45, 2.75) is 13.3 Å². The summed E-state index contributed by atoms with van der Waals surface area (Å²) in [5.74, 6) is 0.0950. The van der Waals surface area contributed by atoms with E-state index in [2.05, 4.69) is 21.0 Å². The van der Waals surface area contributed by atoms with Crippen molar-refractivity contribution in [1.82, 2.24) is 9.78 Å². The fraction of sp³-hybridized carbons (Fsp3) is 0.176. The molecule has 3 nitrogen and oxygen atoms in total. The summed E-state index contributed by atoms with van der Waals surface area (Å²) in [6, 6.07) is 13.7. The van der Waals surface area contributed by atoms with Gasteiger partial charge in [-0.1, -0.05) is 46.3 Å². The third-order valence-corrected chi connectivity index (χ3v) is 4.59. The maximum atomic E-state index is 12.6. The Bertz CT molecular complexity index is 836. The highest BCUT2D eigenvalue weighted by atomic mass is 79.9. The van der Waals surface area contributed by atoms with Crippen LogP contribution in [0.4, 0.5) is 0 Å². The molecule has 21 heavy (non-hydrogen) atoms. The van der Waals surface area contributed by atoms with Crippen LogP contribution in [0.25, 0.3) is 10.9 Å². The summed E-state index contributed by atoms with van der Waals surface area (Å²) in [7, 11) is 1.90. The summed E-state index contributed by atoms with van der Waals surface area (Å²) < 4.78 is 2.78. The second-order valence-electron chi connectivity index (χ2n) is 5.10. The van der Waals surface area contributed by atoms with Crippen LogP contribution >= 0.6 is 15.9 Å². The van der Waals surface area contributed by atoms with E-state index in [4.69, 9.17) is 0 Å². The largest absolute Gasteiger partial charge is 0.294 e. The predicted octanol–water partition coefficient (Wildman–Crippen LogP) is 4.07. The Kier molecular flexibility index (Phi) is 3.64. The summed E-state index contributed by atoms with van der Waals surface area (Å²) in [4.78, 5) is 12.6. The van der Waals surface area contributed by atoms with Crippen molar-refractivity contribution in [3.63, 3.8) is 0 Å². The first-order chi connectivity index (χ1) is 10.1. The number of hydrogen-bond donors (Lipinski definition) is 0. The number of fused-ring (bicyclic) bond motifs is 1. The summed E-state index contributed by atoms with van der Waals surface area (Å²) in [5.41, 5.74) is 3.60. The monoisotopic (exact) mass is 342 g/mol. The van der Waals surface area contributed by atoms with E-state index in [0.717, 1.165) is 32.2 Å². The van der Waals surface area contributed by atoms with Crippen LogP contribution in [-0.2, 0) is 13.5 Å². The van der Waals surface area contributed by atoms with E-state index in [1.165, 1.54) is 0 Å². The number of benzene rings is 2. The van der Waals surface area contributed by atoms with Crippen LogP contribution in [0.3, 0.4) is 0 Å². The minimum atomic E-state index is 0.0950. The Morgan fingerprint density at radius 1 is 1.19 bits per heavy atom. The van der Waals surface area contributed by atoms with Gasteiger partial charge in [0.2, 0.25) is 0 Å². The average Bonchev–Trinajstić information content (AvgIpc) is 2.79. The number of nitrogens with zero attached hydrogens (tertiary/aromatic N) is 2. The zero-order chi connectivity index (χ0) is 15.0. The van der Waals surface area contributed by atoms with Crippen molar-refractivity contribution in [2.24, 2.45) is 7.05 Å². The molecule has 0 saturated carbocycles. The highest BCUT2D eigenvalue weighted by molar-refractivity contribution is 9.10. The molecule has 0 atom stereocenters. The molecule has 1 heterocycles. The molecule has 0 amide bonds. The van der Waals surface area contributed by atoms with Crippen molar-refractivity contribution in [1.29, 1.82) is 0 Å². The molecule has 0 aliphatic heterocycles. The zero-order valence-corrected chi connectivity index (χ0v) is 13.5. The Hall–Kier alpha value is -1.94. The average molecular weight is 343 g/mol. The maximum absolute atomic E-state index is 12.6. The summed E-state index contributed by atoms with van der Waals surface area (Å²) in [6.45, 7) is 1.95. The number of hydrogen-bond acceptors (Lipinski definition) is 2. The van der Waals surface area contributed by atoms with E-state index in [9.17, 15) is 4.79 Å². The lowest BCUT2D eigenvalue weighted by Gasteiger charge is -2.05. The molecule has 106 valence electrons. The molecule has 0 aliphatic carbocycles. The Labute approximate surface area is 131 Å². The van der Waals surface area contributed by atoms with Crippen LogP contribution in [-0.4, -0.2) is 15.6 Å². The van der Waals surface area contributed by atoms with Crippen molar-refractivity contribution in [3.05, 3.63) is 63.8 Å². The van der Waals surface area contributed by atoms with Gasteiger partial charge in [0.05, 0.1) is 17.6 Å². The molecule has 0 spiro atoms. The predicted molar refractivity (Wildman–Crippen MR) is 87.6 cm³/mol. The van der Waals surface area contributed by atoms with Gasteiger partial charge < -0.3 is 0 Å². The summed E-state index contributed by atoms with van der Waals surface area (Å²) >= 11 is 3.47. The first-order valence-corrected chi connectivity index (χ1v) is 7.56. The molecule has 4 heteroatoms. The van der Waals surface area contributed by atoms with Crippen LogP contribution in [0.15, 0.2) is 46.9 Å². The number of halogens is 1. The molecule has 0 fully saturated rings. The molecule has 3 rings (SSSR count). The van der Waals surface area contributed by atoms with Crippen molar-refractivity contribution in [3.8, 4) is 0 Å². The number of Topliss-reactive ketones (excluding diaryl/α,β-unsaturated/α-hetero) is 1. The fourth-order valence-corrected chi connectivity index (χ4v) is 2.94. The smallest absolute Gasteiger partial charge is 0.169 e. The van der Waals surface area contributed by atoms with Crippen LogP contribution in [0.1, 0.15) is 21.6 Å². The number of carbonyl (C=O) groups excluding carboxylic acids is 1. The van der Waals surface area contributed by atoms with Gasteiger partial charge in [0.15, 0.2) is 5.78 Å². The molecule has 1 aromatic heterocycles. The van der Waals surface area contributed by atoms with Crippen LogP contribution in [0, 0.1) is 6.92 Å². The van der Waals surface area contributed by atoms with Crippen LogP contribution in [0.2, 0.25) is 0 Å². The van der Waals surface area contributed by atoms with E-state index < -0.39 is 0 Å². The first-order valence-electron chi connectivity index (χ1n) is 6.77. The van der Waals surface area contributed by atoms with E-state index in [1.807, 2.05) is 61.1 Å². The highest BCUT2D eigenvalue weighted by Gasteiger charge is 2.15. The van der Waals surface area contributed by atoms with E-state index in [-0.39, 0.29) is 5.78 Å². The molecule has 0 saturated heterocycles. The molecule has 0 N–H and O–H groups in total. The third kappa shape index (κ3) is 2.51. The van der Waals surface area contributed by atoms with E-state index in [1.54, 1.807) is 0 Å². The van der Waals surface area contributed by atoms with E-state index in [0.29, 0.717) is 6.42 Å². The van der Waals surface area contributed by atoms with Gasteiger partial charge >= 0.3 is 0 Å². The molecule has 0 unspecified atom stereocenters. The van der Waals surface area contributed by atoms with Gasteiger partial charge in [-0.05, 0) is 24.6 Å². The van der Waals surface area contributed by atoms with E-state index >= 15 is 0 Å².